The fourth-order valence-electron chi connectivity index (χ4n) is 1.41. The molecule has 0 saturated heterocycles. The number of nitrogens with zero attached hydrogens (tertiary/aromatic N) is 1. The monoisotopic (exact) mass is 255 g/mol. The Labute approximate surface area is 103 Å². The predicted octanol–water partition coefficient (Wildman–Crippen LogP) is 1.66. The van der Waals surface area contributed by atoms with E-state index in [4.69, 9.17) is 5.73 Å². The minimum atomic E-state index is -0.843. The van der Waals surface area contributed by atoms with Gasteiger partial charge in [0.25, 0.3) is 5.69 Å². The van der Waals surface area contributed by atoms with Crippen LogP contribution in [0.5, 0.6) is 0 Å². The summed E-state index contributed by atoms with van der Waals surface area (Å²) in [5, 5.41) is 12.8. The Kier molecular flexibility index (Phi) is 4.73. The number of carbonyl (C=O) groups is 1. The molecule has 0 aliphatic rings. The van der Waals surface area contributed by atoms with Crippen LogP contribution in [0.25, 0.3) is 0 Å². The van der Waals surface area contributed by atoms with Crippen molar-refractivity contribution in [3.05, 3.63) is 34.1 Å². The topological polar surface area (TPSA) is 98.3 Å². The maximum atomic E-state index is 13.5. The second-order valence-corrected chi connectivity index (χ2v) is 3.75. The number of hydrogen-bond donors (Lipinski definition) is 2. The molecule has 1 aromatic carbocycles. The molecule has 0 aliphatic carbocycles. The van der Waals surface area contributed by atoms with E-state index in [2.05, 4.69) is 5.32 Å². The van der Waals surface area contributed by atoms with Crippen LogP contribution in [0, 0.1) is 21.8 Å². The third-order valence-electron chi connectivity index (χ3n) is 2.57. The molecule has 1 unspecified atom stereocenters. The molecule has 0 spiro atoms. The summed E-state index contributed by atoms with van der Waals surface area (Å²) in [5.41, 5.74) is 4.95. The molecule has 0 aromatic heterocycles. The molecule has 0 aliphatic heterocycles. The first-order valence-corrected chi connectivity index (χ1v) is 5.44. The second kappa shape index (κ2) is 6.06. The molecule has 6 nitrogen and oxygen atoms in total. The number of amides is 1. The van der Waals surface area contributed by atoms with Crippen molar-refractivity contribution in [2.24, 2.45) is 11.7 Å². The second-order valence-electron chi connectivity index (χ2n) is 3.75. The van der Waals surface area contributed by atoms with Gasteiger partial charge in [0.15, 0.2) is 5.82 Å². The van der Waals surface area contributed by atoms with Crippen LogP contribution < -0.4 is 11.1 Å². The van der Waals surface area contributed by atoms with Gasteiger partial charge in [-0.05, 0) is 12.5 Å². The normalized spacial score (nSPS) is 11.9. The molecule has 0 bridgehead atoms. The number of hydrogen-bond acceptors (Lipinski definition) is 4. The number of nitro benzene ring substituents is 1. The molecule has 1 atom stereocenters. The Bertz CT molecular complexity index is 461. The van der Waals surface area contributed by atoms with Crippen LogP contribution in [-0.2, 0) is 4.79 Å². The first kappa shape index (κ1) is 14.0. The van der Waals surface area contributed by atoms with E-state index in [0.717, 1.165) is 18.2 Å². The summed E-state index contributed by atoms with van der Waals surface area (Å²) < 4.78 is 13.5. The Morgan fingerprint density at radius 1 is 1.61 bits per heavy atom. The molecular weight excluding hydrogens is 241 g/mol. The Balaban J connectivity index is 2.86. The molecular formula is C11H14FN3O3. The van der Waals surface area contributed by atoms with E-state index in [-0.39, 0.29) is 17.9 Å². The van der Waals surface area contributed by atoms with Crippen molar-refractivity contribution >= 4 is 17.3 Å². The van der Waals surface area contributed by atoms with Gasteiger partial charge in [-0.15, -0.1) is 0 Å². The highest BCUT2D eigenvalue weighted by Crippen LogP contribution is 2.21. The number of non-ortho nitro benzene ring substituents is 1. The van der Waals surface area contributed by atoms with Crippen LogP contribution in [0.3, 0.4) is 0 Å². The van der Waals surface area contributed by atoms with Crippen LogP contribution in [0.2, 0.25) is 0 Å². The average molecular weight is 255 g/mol. The van der Waals surface area contributed by atoms with Crippen molar-refractivity contribution in [3.8, 4) is 0 Å². The molecule has 7 heteroatoms. The zero-order chi connectivity index (χ0) is 13.7. The van der Waals surface area contributed by atoms with Crippen molar-refractivity contribution < 1.29 is 14.1 Å². The molecule has 0 saturated carbocycles. The molecule has 0 radical (unpaired) electrons. The third kappa shape index (κ3) is 3.24. The first-order chi connectivity index (χ1) is 8.49. The van der Waals surface area contributed by atoms with E-state index in [1.807, 2.05) is 0 Å². The standard InChI is InChI=1S/C11H14FN3O3/c1-2-7(6-13)11(16)14-10-4-3-8(15(17)18)5-9(10)12/h3-5,7H,2,6,13H2,1H3,(H,14,16). The van der Waals surface area contributed by atoms with Crippen LogP contribution in [0.1, 0.15) is 13.3 Å². The van der Waals surface area contributed by atoms with E-state index >= 15 is 0 Å². The zero-order valence-corrected chi connectivity index (χ0v) is 9.85. The summed E-state index contributed by atoms with van der Waals surface area (Å²) in [4.78, 5) is 21.4. The molecule has 1 amide bonds. The number of benzene rings is 1. The summed E-state index contributed by atoms with van der Waals surface area (Å²) in [6.07, 6.45) is 0.539. The highest BCUT2D eigenvalue weighted by atomic mass is 19.1. The summed E-state index contributed by atoms with van der Waals surface area (Å²) >= 11 is 0. The molecule has 1 aromatic rings. The third-order valence-corrected chi connectivity index (χ3v) is 2.57. The van der Waals surface area contributed by atoms with Crippen molar-refractivity contribution in [3.63, 3.8) is 0 Å². The number of rotatable bonds is 5. The molecule has 18 heavy (non-hydrogen) atoms. The fourth-order valence-corrected chi connectivity index (χ4v) is 1.41. The number of nitro groups is 1. The molecule has 0 fully saturated rings. The number of nitrogens with two attached hydrogens (primary N) is 1. The minimum Gasteiger partial charge on any atom is -0.330 e. The highest BCUT2D eigenvalue weighted by molar-refractivity contribution is 5.92. The first-order valence-electron chi connectivity index (χ1n) is 5.44. The molecule has 3 N–H and O–H groups in total. The zero-order valence-electron chi connectivity index (χ0n) is 9.85. The van der Waals surface area contributed by atoms with Gasteiger partial charge in [0.2, 0.25) is 5.91 Å². The van der Waals surface area contributed by atoms with E-state index in [1.54, 1.807) is 6.92 Å². The highest BCUT2D eigenvalue weighted by Gasteiger charge is 2.17. The largest absolute Gasteiger partial charge is 0.330 e. The summed E-state index contributed by atoms with van der Waals surface area (Å²) in [5.74, 6) is -1.64. The van der Waals surface area contributed by atoms with Gasteiger partial charge in [-0.2, -0.15) is 0 Å². The number of anilines is 1. The van der Waals surface area contributed by atoms with Crippen molar-refractivity contribution in [2.75, 3.05) is 11.9 Å². The number of halogens is 1. The smallest absolute Gasteiger partial charge is 0.272 e. The van der Waals surface area contributed by atoms with Crippen molar-refractivity contribution in [1.29, 1.82) is 0 Å². The maximum absolute atomic E-state index is 13.5. The molecule has 0 heterocycles. The average Bonchev–Trinajstić information content (AvgIpc) is 2.33. The summed E-state index contributed by atoms with van der Waals surface area (Å²) in [7, 11) is 0. The van der Waals surface area contributed by atoms with E-state index in [1.165, 1.54) is 0 Å². The lowest BCUT2D eigenvalue weighted by atomic mass is 10.1. The van der Waals surface area contributed by atoms with Crippen molar-refractivity contribution in [1.82, 2.24) is 0 Å². The predicted molar refractivity (Wildman–Crippen MR) is 64.5 cm³/mol. The van der Waals surface area contributed by atoms with E-state index in [9.17, 15) is 19.3 Å². The lowest BCUT2D eigenvalue weighted by Gasteiger charge is -2.12. The van der Waals surface area contributed by atoms with Gasteiger partial charge in [0, 0.05) is 12.6 Å². The van der Waals surface area contributed by atoms with Crippen molar-refractivity contribution in [2.45, 2.75) is 13.3 Å². The quantitative estimate of drug-likeness (QED) is 0.617. The van der Waals surface area contributed by atoms with Gasteiger partial charge < -0.3 is 11.1 Å². The van der Waals surface area contributed by atoms with Gasteiger partial charge in [0.05, 0.1) is 22.6 Å². The van der Waals surface area contributed by atoms with Crippen LogP contribution in [0.4, 0.5) is 15.8 Å². The van der Waals surface area contributed by atoms with E-state index in [0.29, 0.717) is 6.42 Å². The van der Waals surface area contributed by atoms with Gasteiger partial charge in [-0.3, -0.25) is 14.9 Å². The fraction of sp³-hybridized carbons (Fsp3) is 0.364. The Hall–Kier alpha value is -2.02. The van der Waals surface area contributed by atoms with Crippen LogP contribution in [-0.4, -0.2) is 17.4 Å². The van der Waals surface area contributed by atoms with Gasteiger partial charge in [0.1, 0.15) is 0 Å². The van der Waals surface area contributed by atoms with Gasteiger partial charge in [-0.1, -0.05) is 6.92 Å². The Morgan fingerprint density at radius 3 is 2.72 bits per heavy atom. The van der Waals surface area contributed by atoms with E-state index < -0.39 is 22.6 Å². The minimum absolute atomic E-state index is 0.0856. The summed E-state index contributed by atoms with van der Waals surface area (Å²) in [6, 6.07) is 3.05. The lowest BCUT2D eigenvalue weighted by Crippen LogP contribution is -2.28. The summed E-state index contributed by atoms with van der Waals surface area (Å²) in [6.45, 7) is 1.96. The maximum Gasteiger partial charge on any atom is 0.272 e. The number of carbonyl (C=O) groups excluding carboxylic acids is 1. The van der Waals surface area contributed by atoms with Crippen LogP contribution >= 0.6 is 0 Å². The van der Waals surface area contributed by atoms with Gasteiger partial charge >= 0.3 is 0 Å². The Morgan fingerprint density at radius 2 is 2.28 bits per heavy atom. The van der Waals surface area contributed by atoms with Gasteiger partial charge in [-0.25, -0.2) is 4.39 Å². The SMILES string of the molecule is CCC(CN)C(=O)Nc1ccc([N+](=O)[O-])cc1F. The number of nitrogens with one attached hydrogen (secondary N) is 1. The van der Waals surface area contributed by atoms with Crippen LogP contribution in [0.15, 0.2) is 18.2 Å². The lowest BCUT2D eigenvalue weighted by molar-refractivity contribution is -0.385. The molecule has 1 rings (SSSR count). The molecule has 98 valence electrons.